The van der Waals surface area contributed by atoms with Crippen LogP contribution in [-0.2, 0) is 11.2 Å². The van der Waals surface area contributed by atoms with Gasteiger partial charge in [-0.15, -0.1) is 0 Å². The Labute approximate surface area is 133 Å². The molecule has 0 spiro atoms. The fourth-order valence-electron chi connectivity index (χ4n) is 3.18. The van der Waals surface area contributed by atoms with E-state index < -0.39 is 5.41 Å². The standard InChI is InChI=1S/C18H28N2O2/c1-4-13-8-7-9-14-15(10-11-22-16(13)14)20-17(21)18(5-2,6-3)12-19/h7-9,15H,4-6,10-12,19H2,1-3H3,(H,20,21). The number of para-hydroxylation sites is 1. The summed E-state index contributed by atoms with van der Waals surface area (Å²) in [7, 11) is 0. The molecule has 1 aromatic rings. The molecule has 0 aliphatic carbocycles. The third-order valence-electron chi connectivity index (χ3n) is 5.07. The van der Waals surface area contributed by atoms with Crippen LogP contribution >= 0.6 is 0 Å². The zero-order valence-electron chi connectivity index (χ0n) is 13.9. The van der Waals surface area contributed by atoms with Crippen LogP contribution in [0.15, 0.2) is 18.2 Å². The summed E-state index contributed by atoms with van der Waals surface area (Å²) >= 11 is 0. The molecule has 122 valence electrons. The van der Waals surface area contributed by atoms with E-state index in [1.165, 1.54) is 5.56 Å². The molecule has 4 nitrogen and oxygen atoms in total. The van der Waals surface area contributed by atoms with E-state index in [1.54, 1.807) is 0 Å². The van der Waals surface area contributed by atoms with E-state index in [0.717, 1.165) is 37.0 Å². The van der Waals surface area contributed by atoms with Gasteiger partial charge in [0.1, 0.15) is 5.75 Å². The van der Waals surface area contributed by atoms with Gasteiger partial charge < -0.3 is 15.8 Å². The van der Waals surface area contributed by atoms with Crippen molar-refractivity contribution in [1.82, 2.24) is 5.32 Å². The highest BCUT2D eigenvalue weighted by Gasteiger charge is 2.35. The fraction of sp³-hybridized carbons (Fsp3) is 0.611. The quantitative estimate of drug-likeness (QED) is 0.849. The van der Waals surface area contributed by atoms with Crippen LogP contribution in [0, 0.1) is 5.41 Å². The molecular weight excluding hydrogens is 276 g/mol. The first-order valence-electron chi connectivity index (χ1n) is 8.37. The Bertz CT molecular complexity index is 516. The van der Waals surface area contributed by atoms with Crippen molar-refractivity contribution in [2.45, 2.75) is 52.5 Å². The highest BCUT2D eigenvalue weighted by molar-refractivity contribution is 5.83. The van der Waals surface area contributed by atoms with E-state index >= 15 is 0 Å². The van der Waals surface area contributed by atoms with Gasteiger partial charge in [-0.05, 0) is 24.8 Å². The normalized spacial score (nSPS) is 17.5. The van der Waals surface area contributed by atoms with E-state index in [1.807, 2.05) is 19.9 Å². The molecule has 22 heavy (non-hydrogen) atoms. The average molecular weight is 304 g/mol. The van der Waals surface area contributed by atoms with E-state index in [0.29, 0.717) is 13.2 Å². The summed E-state index contributed by atoms with van der Waals surface area (Å²) in [5.41, 5.74) is 7.73. The molecule has 0 saturated carbocycles. The maximum Gasteiger partial charge on any atom is 0.227 e. The number of hydrogen-bond acceptors (Lipinski definition) is 3. The van der Waals surface area contributed by atoms with Crippen molar-refractivity contribution in [1.29, 1.82) is 0 Å². The van der Waals surface area contributed by atoms with Gasteiger partial charge in [-0.2, -0.15) is 0 Å². The Hall–Kier alpha value is -1.55. The topological polar surface area (TPSA) is 64.3 Å². The summed E-state index contributed by atoms with van der Waals surface area (Å²) in [4.78, 5) is 12.8. The summed E-state index contributed by atoms with van der Waals surface area (Å²) in [6, 6.07) is 6.21. The molecule has 1 heterocycles. The lowest BCUT2D eigenvalue weighted by molar-refractivity contribution is -0.132. The smallest absolute Gasteiger partial charge is 0.227 e. The molecule has 1 atom stereocenters. The summed E-state index contributed by atoms with van der Waals surface area (Å²) in [6.07, 6.45) is 3.26. The van der Waals surface area contributed by atoms with E-state index in [2.05, 4.69) is 24.4 Å². The molecule has 0 radical (unpaired) electrons. The van der Waals surface area contributed by atoms with Crippen molar-refractivity contribution in [3.63, 3.8) is 0 Å². The van der Waals surface area contributed by atoms with Crippen molar-refractivity contribution in [2.24, 2.45) is 11.1 Å². The zero-order chi connectivity index (χ0) is 16.2. The van der Waals surface area contributed by atoms with E-state index in [-0.39, 0.29) is 11.9 Å². The van der Waals surface area contributed by atoms with Crippen molar-refractivity contribution in [2.75, 3.05) is 13.2 Å². The van der Waals surface area contributed by atoms with Gasteiger partial charge in [0.25, 0.3) is 0 Å². The molecule has 1 aromatic carbocycles. The largest absolute Gasteiger partial charge is 0.493 e. The predicted octanol–water partition coefficient (Wildman–Crippen LogP) is 2.95. The number of nitrogens with one attached hydrogen (secondary N) is 1. The fourth-order valence-corrected chi connectivity index (χ4v) is 3.18. The molecule has 2 rings (SSSR count). The van der Waals surface area contributed by atoms with Gasteiger partial charge in [-0.1, -0.05) is 39.0 Å². The van der Waals surface area contributed by atoms with E-state index in [9.17, 15) is 4.79 Å². The van der Waals surface area contributed by atoms with Gasteiger partial charge in [0, 0.05) is 18.5 Å². The first-order chi connectivity index (χ1) is 10.6. The lowest BCUT2D eigenvalue weighted by atomic mass is 9.81. The summed E-state index contributed by atoms with van der Waals surface area (Å²) in [6.45, 7) is 7.21. The maximum absolute atomic E-state index is 12.8. The van der Waals surface area contributed by atoms with Crippen molar-refractivity contribution >= 4 is 5.91 Å². The first-order valence-corrected chi connectivity index (χ1v) is 8.37. The summed E-state index contributed by atoms with van der Waals surface area (Å²) < 4.78 is 5.85. The number of carbonyl (C=O) groups is 1. The van der Waals surface area contributed by atoms with Crippen LogP contribution in [0.25, 0.3) is 0 Å². The lowest BCUT2D eigenvalue weighted by Gasteiger charge is -2.34. The van der Waals surface area contributed by atoms with Gasteiger partial charge in [-0.25, -0.2) is 0 Å². The van der Waals surface area contributed by atoms with Crippen LogP contribution < -0.4 is 15.8 Å². The number of carbonyl (C=O) groups excluding carboxylic acids is 1. The summed E-state index contributed by atoms with van der Waals surface area (Å²) in [5.74, 6) is 1.02. The predicted molar refractivity (Wildman–Crippen MR) is 88.9 cm³/mol. The number of nitrogens with two attached hydrogens (primary N) is 1. The second-order valence-corrected chi connectivity index (χ2v) is 6.04. The van der Waals surface area contributed by atoms with Gasteiger partial charge in [0.15, 0.2) is 0 Å². The molecule has 1 amide bonds. The Morgan fingerprint density at radius 2 is 2.09 bits per heavy atom. The van der Waals surface area contributed by atoms with Crippen molar-refractivity contribution in [3.05, 3.63) is 29.3 Å². The van der Waals surface area contributed by atoms with Crippen LogP contribution in [0.4, 0.5) is 0 Å². The molecule has 1 aliphatic heterocycles. The minimum Gasteiger partial charge on any atom is -0.493 e. The number of aryl methyl sites for hydroxylation is 1. The second kappa shape index (κ2) is 7.14. The van der Waals surface area contributed by atoms with Gasteiger partial charge in [0.05, 0.1) is 18.1 Å². The van der Waals surface area contributed by atoms with Gasteiger partial charge in [0.2, 0.25) is 5.91 Å². The maximum atomic E-state index is 12.8. The minimum atomic E-state index is -0.458. The van der Waals surface area contributed by atoms with Gasteiger partial charge in [-0.3, -0.25) is 4.79 Å². The third kappa shape index (κ3) is 2.98. The number of hydrogen-bond donors (Lipinski definition) is 2. The molecular formula is C18H28N2O2. The molecule has 0 aromatic heterocycles. The lowest BCUT2D eigenvalue weighted by Crippen LogP contribution is -2.47. The van der Waals surface area contributed by atoms with Crippen LogP contribution in [0.2, 0.25) is 0 Å². The molecule has 0 saturated heterocycles. The number of ether oxygens (including phenoxy) is 1. The van der Waals surface area contributed by atoms with Crippen LogP contribution in [0.1, 0.15) is 57.2 Å². The molecule has 4 heteroatoms. The van der Waals surface area contributed by atoms with Crippen LogP contribution in [0.5, 0.6) is 5.75 Å². The highest BCUT2D eigenvalue weighted by atomic mass is 16.5. The highest BCUT2D eigenvalue weighted by Crippen LogP contribution is 2.36. The third-order valence-corrected chi connectivity index (χ3v) is 5.07. The SMILES string of the molecule is CCc1cccc2c1OCCC2NC(=O)C(CC)(CC)CN. The molecule has 1 unspecified atom stereocenters. The van der Waals surface area contributed by atoms with Crippen LogP contribution in [0.3, 0.4) is 0 Å². The molecule has 0 bridgehead atoms. The Morgan fingerprint density at radius 3 is 2.68 bits per heavy atom. The van der Waals surface area contributed by atoms with Crippen molar-refractivity contribution in [3.8, 4) is 5.75 Å². The Morgan fingerprint density at radius 1 is 1.36 bits per heavy atom. The number of rotatable bonds is 6. The minimum absolute atomic E-state index is 0.0202. The van der Waals surface area contributed by atoms with E-state index in [4.69, 9.17) is 10.5 Å². The summed E-state index contributed by atoms with van der Waals surface area (Å²) in [5, 5.41) is 3.22. The number of benzene rings is 1. The Kier molecular flexibility index (Phi) is 5.46. The second-order valence-electron chi connectivity index (χ2n) is 6.04. The number of amides is 1. The first kappa shape index (κ1) is 16.8. The average Bonchev–Trinajstić information content (AvgIpc) is 2.57. The molecule has 1 aliphatic rings. The zero-order valence-corrected chi connectivity index (χ0v) is 13.9. The Balaban J connectivity index is 2.24. The van der Waals surface area contributed by atoms with Crippen LogP contribution in [-0.4, -0.2) is 19.1 Å². The molecule has 0 fully saturated rings. The molecule has 3 N–H and O–H groups in total. The van der Waals surface area contributed by atoms with Gasteiger partial charge >= 0.3 is 0 Å². The van der Waals surface area contributed by atoms with Crippen molar-refractivity contribution < 1.29 is 9.53 Å². The monoisotopic (exact) mass is 304 g/mol. The number of fused-ring (bicyclic) bond motifs is 1.